The van der Waals surface area contributed by atoms with E-state index >= 15 is 0 Å². The highest BCUT2D eigenvalue weighted by Crippen LogP contribution is 2.14. The highest BCUT2D eigenvalue weighted by Gasteiger charge is 2.11. The van der Waals surface area contributed by atoms with Gasteiger partial charge in [-0.2, -0.15) is 0 Å². The second kappa shape index (κ2) is 11.9. The second-order valence-corrected chi connectivity index (χ2v) is 4.93. The van der Waals surface area contributed by atoms with Crippen LogP contribution in [0, 0.1) is 0 Å². The van der Waals surface area contributed by atoms with E-state index in [1.54, 1.807) is 13.0 Å². The van der Waals surface area contributed by atoms with Crippen LogP contribution in [0.2, 0.25) is 0 Å². The van der Waals surface area contributed by atoms with Gasteiger partial charge in [-0.15, -0.1) is 0 Å². The zero-order valence-electron chi connectivity index (χ0n) is 12.1. The van der Waals surface area contributed by atoms with E-state index in [-0.39, 0.29) is 17.9 Å². The lowest BCUT2D eigenvalue weighted by Gasteiger charge is -2.07. The van der Waals surface area contributed by atoms with E-state index in [0.29, 0.717) is 12.4 Å². The molecule has 0 heterocycles. The van der Waals surface area contributed by atoms with Crippen molar-refractivity contribution >= 4 is 16.8 Å². The molecule has 0 saturated carbocycles. The number of hydrogen-bond acceptors (Lipinski definition) is 3. The number of rotatable bonds is 5. The molecule has 0 radical (unpaired) electrons. The first-order valence-electron chi connectivity index (χ1n) is 6.31. The fourth-order valence-corrected chi connectivity index (χ4v) is 2.37. The molecule has 4 nitrogen and oxygen atoms in total. The summed E-state index contributed by atoms with van der Waals surface area (Å²) in [6.07, 6.45) is 0.190. The third-order valence-corrected chi connectivity index (χ3v) is 3.53. The summed E-state index contributed by atoms with van der Waals surface area (Å²) in [7, 11) is -1.03. The van der Waals surface area contributed by atoms with E-state index in [1.165, 1.54) is 0 Å². The number of esters is 1. The maximum absolute atomic E-state index is 11.7. The minimum Gasteiger partial charge on any atom is -0.466 e. The van der Waals surface area contributed by atoms with Crippen LogP contribution in [-0.4, -0.2) is 28.0 Å². The first-order valence-corrected chi connectivity index (χ1v) is 7.62. The van der Waals surface area contributed by atoms with Gasteiger partial charge in [-0.1, -0.05) is 39.0 Å². The van der Waals surface area contributed by atoms with Crippen LogP contribution in [0.25, 0.3) is 0 Å². The van der Waals surface area contributed by atoms with Crippen molar-refractivity contribution in [2.75, 3.05) is 12.4 Å². The Hall–Kier alpha value is -1.20. The number of carbonyl (C=O) groups is 1. The van der Waals surface area contributed by atoms with Gasteiger partial charge in [-0.3, -0.25) is 9.00 Å². The maximum Gasteiger partial charge on any atom is 0.310 e. The largest absolute Gasteiger partial charge is 0.466 e. The van der Waals surface area contributed by atoms with Crippen LogP contribution in [0.4, 0.5) is 0 Å². The van der Waals surface area contributed by atoms with Gasteiger partial charge < -0.3 is 10.2 Å². The van der Waals surface area contributed by atoms with Gasteiger partial charge in [-0.25, -0.2) is 0 Å². The Kier molecular flexibility index (Phi) is 12.6. The highest BCUT2D eigenvalue weighted by atomic mass is 32.2. The van der Waals surface area contributed by atoms with E-state index in [0.717, 1.165) is 10.5 Å². The Labute approximate surface area is 117 Å². The lowest BCUT2D eigenvalue weighted by molar-refractivity contribution is -0.142. The normalized spacial score (nSPS) is 10.5. The molecule has 1 aromatic rings. The monoisotopic (exact) mass is 288 g/mol. The van der Waals surface area contributed by atoms with Gasteiger partial charge >= 0.3 is 5.97 Å². The van der Waals surface area contributed by atoms with Gasteiger partial charge in [0.25, 0.3) is 0 Å². The van der Waals surface area contributed by atoms with Crippen LogP contribution in [0.15, 0.2) is 29.2 Å². The molecule has 0 bridgehead atoms. The molecule has 2 N–H and O–H groups in total. The minimum absolute atomic E-state index is 0. The maximum atomic E-state index is 11.7. The SMILES string of the molecule is CC.CCOC(=O)Cc1ccccc1S(=O)CC.O. The van der Waals surface area contributed by atoms with E-state index < -0.39 is 10.8 Å². The van der Waals surface area contributed by atoms with Crippen LogP contribution in [0.3, 0.4) is 0 Å². The second-order valence-electron chi connectivity index (χ2n) is 3.22. The summed E-state index contributed by atoms with van der Waals surface area (Å²) in [5.74, 6) is 0.280. The average molecular weight is 288 g/mol. The molecule has 0 amide bonds. The van der Waals surface area contributed by atoms with E-state index in [9.17, 15) is 9.00 Å². The number of ether oxygens (including phenoxy) is 1. The van der Waals surface area contributed by atoms with Crippen molar-refractivity contribution in [3.05, 3.63) is 29.8 Å². The van der Waals surface area contributed by atoms with Gasteiger partial charge in [-0.05, 0) is 18.6 Å². The third-order valence-electron chi connectivity index (χ3n) is 2.12. The Balaban J connectivity index is 0. The van der Waals surface area contributed by atoms with Crippen molar-refractivity contribution in [1.82, 2.24) is 0 Å². The quantitative estimate of drug-likeness (QED) is 0.779. The summed E-state index contributed by atoms with van der Waals surface area (Å²) in [5.41, 5.74) is 0.793. The zero-order valence-corrected chi connectivity index (χ0v) is 12.9. The molecule has 1 aromatic carbocycles. The predicted molar refractivity (Wildman–Crippen MR) is 78.7 cm³/mol. The molecule has 5 heteroatoms. The Morgan fingerprint density at radius 3 is 2.32 bits per heavy atom. The Morgan fingerprint density at radius 1 is 1.21 bits per heavy atom. The molecule has 0 aliphatic carbocycles. The van der Waals surface area contributed by atoms with Crippen molar-refractivity contribution in [3.8, 4) is 0 Å². The van der Waals surface area contributed by atoms with Crippen LogP contribution < -0.4 is 0 Å². The van der Waals surface area contributed by atoms with Crippen LogP contribution in [-0.2, 0) is 26.8 Å². The smallest absolute Gasteiger partial charge is 0.310 e. The molecule has 1 atom stereocenters. The van der Waals surface area contributed by atoms with E-state index in [1.807, 2.05) is 39.0 Å². The molecule has 110 valence electrons. The lowest BCUT2D eigenvalue weighted by atomic mass is 10.1. The van der Waals surface area contributed by atoms with Crippen molar-refractivity contribution in [3.63, 3.8) is 0 Å². The molecule has 0 saturated heterocycles. The number of carbonyl (C=O) groups excluding carboxylic acids is 1. The fraction of sp³-hybridized carbons (Fsp3) is 0.500. The fourth-order valence-electron chi connectivity index (χ4n) is 1.40. The first-order chi connectivity index (χ1) is 8.69. The number of benzene rings is 1. The molecule has 0 aliphatic heterocycles. The number of hydrogen-bond donors (Lipinski definition) is 0. The molecule has 0 aliphatic rings. The summed E-state index contributed by atoms with van der Waals surface area (Å²) < 4.78 is 16.6. The van der Waals surface area contributed by atoms with Crippen molar-refractivity contribution in [2.45, 2.75) is 39.0 Å². The zero-order chi connectivity index (χ0) is 14.0. The van der Waals surface area contributed by atoms with Gasteiger partial charge in [0.1, 0.15) is 0 Å². The standard InChI is InChI=1S/C12H16O3S.C2H6.H2O/c1-3-15-12(13)9-10-7-5-6-8-11(10)16(14)4-2;1-2;/h5-8H,3-4,9H2,1-2H3;1-2H3;1H2. The molecular formula is C14H24O4S. The van der Waals surface area contributed by atoms with Gasteiger partial charge in [0.2, 0.25) is 0 Å². The summed E-state index contributed by atoms with van der Waals surface area (Å²) >= 11 is 0. The predicted octanol–water partition coefficient (Wildman–Crippen LogP) is 2.12. The van der Waals surface area contributed by atoms with E-state index in [2.05, 4.69) is 0 Å². The van der Waals surface area contributed by atoms with Crippen molar-refractivity contribution < 1.29 is 19.2 Å². The molecule has 0 fully saturated rings. The molecule has 19 heavy (non-hydrogen) atoms. The molecule has 1 unspecified atom stereocenters. The van der Waals surface area contributed by atoms with Gasteiger partial charge in [0.05, 0.1) is 23.8 Å². The van der Waals surface area contributed by atoms with Gasteiger partial charge in [0.15, 0.2) is 0 Å². The highest BCUT2D eigenvalue weighted by molar-refractivity contribution is 7.85. The summed E-state index contributed by atoms with van der Waals surface area (Å²) in [5, 5.41) is 0. The van der Waals surface area contributed by atoms with Crippen LogP contribution in [0.1, 0.15) is 33.3 Å². The van der Waals surface area contributed by atoms with Crippen molar-refractivity contribution in [1.29, 1.82) is 0 Å². The summed E-state index contributed by atoms with van der Waals surface area (Å²) in [6, 6.07) is 7.29. The first kappa shape index (κ1) is 20.1. The Bertz CT molecular complexity index is 391. The average Bonchev–Trinajstić information content (AvgIpc) is 2.41. The lowest BCUT2D eigenvalue weighted by Crippen LogP contribution is -2.10. The van der Waals surface area contributed by atoms with Crippen LogP contribution >= 0.6 is 0 Å². The van der Waals surface area contributed by atoms with E-state index in [4.69, 9.17) is 4.74 Å². The molecule has 0 aromatic heterocycles. The molecule has 0 spiro atoms. The van der Waals surface area contributed by atoms with Crippen molar-refractivity contribution in [2.24, 2.45) is 0 Å². The summed E-state index contributed by atoms with van der Waals surface area (Å²) in [6.45, 7) is 8.00. The minimum atomic E-state index is -1.03. The van der Waals surface area contributed by atoms with Crippen LogP contribution in [0.5, 0.6) is 0 Å². The summed E-state index contributed by atoms with van der Waals surface area (Å²) in [4.78, 5) is 12.1. The molecular weight excluding hydrogens is 264 g/mol. The third kappa shape index (κ3) is 7.08. The Morgan fingerprint density at radius 2 is 1.79 bits per heavy atom. The van der Waals surface area contributed by atoms with Gasteiger partial charge in [0, 0.05) is 10.6 Å². The molecule has 1 rings (SSSR count). The topological polar surface area (TPSA) is 74.9 Å².